The van der Waals surface area contributed by atoms with Gasteiger partial charge in [-0.15, -0.1) is 0 Å². The van der Waals surface area contributed by atoms with Crippen molar-refractivity contribution in [2.45, 2.75) is 19.4 Å². The molecule has 1 heterocycles. The minimum atomic E-state index is -0.547. The molecule has 0 saturated heterocycles. The Morgan fingerprint density at radius 1 is 1.30 bits per heavy atom. The number of nitrogens with two attached hydrogens (primary N) is 1. The Hall–Kier alpha value is -2.40. The number of anilines is 1. The maximum Gasteiger partial charge on any atom is 0.240 e. The van der Waals surface area contributed by atoms with Gasteiger partial charge in [0.05, 0.1) is 11.8 Å². The highest BCUT2D eigenvalue weighted by Gasteiger charge is 2.34. The molecule has 0 aliphatic carbocycles. The normalized spacial score (nSPS) is 17.3. The summed E-state index contributed by atoms with van der Waals surface area (Å²) in [5.74, 6) is -0.706. The van der Waals surface area contributed by atoms with Crippen molar-refractivity contribution in [1.29, 1.82) is 0 Å². The van der Waals surface area contributed by atoms with E-state index >= 15 is 0 Å². The lowest BCUT2D eigenvalue weighted by molar-refractivity contribution is -0.130. The number of amides is 1. The predicted molar refractivity (Wildman–Crippen MR) is 88.7 cm³/mol. The number of carbonyl (C=O) groups is 1. The van der Waals surface area contributed by atoms with Crippen LogP contribution in [0.15, 0.2) is 47.6 Å². The zero-order chi connectivity index (χ0) is 16.6. The van der Waals surface area contributed by atoms with Gasteiger partial charge in [0.1, 0.15) is 5.82 Å². The van der Waals surface area contributed by atoms with Crippen LogP contribution < -0.4 is 5.73 Å². The van der Waals surface area contributed by atoms with Crippen molar-refractivity contribution >= 4 is 28.9 Å². The molecule has 0 aromatic heterocycles. The maximum absolute atomic E-state index is 14.2. The van der Waals surface area contributed by atoms with E-state index in [1.54, 1.807) is 18.2 Å². The van der Waals surface area contributed by atoms with Gasteiger partial charge < -0.3 is 5.73 Å². The first-order valence-electron chi connectivity index (χ1n) is 7.14. The van der Waals surface area contributed by atoms with Gasteiger partial charge in [-0.25, -0.2) is 9.40 Å². The number of hydrogen-bond donors (Lipinski definition) is 1. The molecule has 118 valence electrons. The molecule has 23 heavy (non-hydrogen) atoms. The topological polar surface area (TPSA) is 58.7 Å². The van der Waals surface area contributed by atoms with Crippen LogP contribution in [0, 0.1) is 5.82 Å². The van der Waals surface area contributed by atoms with E-state index in [9.17, 15) is 9.18 Å². The van der Waals surface area contributed by atoms with E-state index in [-0.39, 0.29) is 10.9 Å². The average Bonchev–Trinajstić information content (AvgIpc) is 2.93. The van der Waals surface area contributed by atoms with Crippen LogP contribution in [-0.4, -0.2) is 16.6 Å². The molecule has 2 aromatic carbocycles. The second-order valence-corrected chi connectivity index (χ2v) is 5.79. The Morgan fingerprint density at radius 2 is 2.00 bits per heavy atom. The second-order valence-electron chi connectivity index (χ2n) is 5.39. The molecule has 0 bridgehead atoms. The Balaban J connectivity index is 2.01. The first kappa shape index (κ1) is 15.5. The first-order valence-corrected chi connectivity index (χ1v) is 7.52. The predicted octanol–water partition coefficient (Wildman–Crippen LogP) is 3.76. The number of halogens is 2. The van der Waals surface area contributed by atoms with Crippen molar-refractivity contribution in [2.24, 2.45) is 5.10 Å². The zero-order valence-corrected chi connectivity index (χ0v) is 13.2. The third-order valence-electron chi connectivity index (χ3n) is 3.81. The summed E-state index contributed by atoms with van der Waals surface area (Å²) < 4.78 is 14.2. The van der Waals surface area contributed by atoms with Gasteiger partial charge in [0, 0.05) is 29.6 Å². The molecule has 1 atom stereocenters. The molecule has 6 heteroatoms. The van der Waals surface area contributed by atoms with E-state index in [2.05, 4.69) is 5.10 Å². The lowest BCUT2D eigenvalue weighted by atomic mass is 9.98. The Morgan fingerprint density at radius 3 is 2.61 bits per heavy atom. The Kier molecular flexibility index (Phi) is 4.05. The van der Waals surface area contributed by atoms with Crippen molar-refractivity contribution < 1.29 is 9.18 Å². The van der Waals surface area contributed by atoms with Gasteiger partial charge in [-0.1, -0.05) is 29.8 Å². The van der Waals surface area contributed by atoms with Crippen LogP contribution in [0.2, 0.25) is 5.02 Å². The summed E-state index contributed by atoms with van der Waals surface area (Å²) in [5.41, 5.74) is 8.17. The fourth-order valence-electron chi connectivity index (χ4n) is 2.70. The number of nitrogens with zero attached hydrogens (tertiary/aromatic N) is 2. The number of hydrazone groups is 1. The van der Waals surface area contributed by atoms with Crippen LogP contribution in [0.5, 0.6) is 0 Å². The fourth-order valence-corrected chi connectivity index (χ4v) is 2.99. The van der Waals surface area contributed by atoms with Gasteiger partial charge in [-0.2, -0.15) is 5.10 Å². The molecule has 0 spiro atoms. The van der Waals surface area contributed by atoms with E-state index in [0.29, 0.717) is 23.4 Å². The molecule has 1 aliphatic rings. The molecule has 3 rings (SSSR count). The van der Waals surface area contributed by atoms with E-state index in [1.165, 1.54) is 24.1 Å². The third kappa shape index (κ3) is 2.92. The molecule has 0 saturated carbocycles. The molecule has 1 unspecified atom stereocenters. The zero-order valence-electron chi connectivity index (χ0n) is 12.5. The summed E-state index contributed by atoms with van der Waals surface area (Å²) in [5, 5.41) is 5.94. The second kappa shape index (κ2) is 6.01. The Bertz CT molecular complexity index is 769. The van der Waals surface area contributed by atoms with Gasteiger partial charge in [-0.3, -0.25) is 4.79 Å². The monoisotopic (exact) mass is 331 g/mol. The van der Waals surface area contributed by atoms with Crippen molar-refractivity contribution in [2.75, 3.05) is 5.73 Å². The molecular formula is C17H15ClFN3O. The number of rotatable bonds is 2. The van der Waals surface area contributed by atoms with Gasteiger partial charge in [0.15, 0.2) is 0 Å². The SMILES string of the molecule is CC(=O)N1N=C(c2ccc(N)cc2)CC1c1c(F)cccc1Cl. The van der Waals surface area contributed by atoms with Crippen LogP contribution in [0.3, 0.4) is 0 Å². The lowest BCUT2D eigenvalue weighted by Crippen LogP contribution is -2.25. The van der Waals surface area contributed by atoms with Crippen molar-refractivity contribution in [3.05, 3.63) is 64.4 Å². The third-order valence-corrected chi connectivity index (χ3v) is 4.14. The summed E-state index contributed by atoms with van der Waals surface area (Å²) in [6.45, 7) is 1.40. The van der Waals surface area contributed by atoms with Crippen molar-refractivity contribution in [3.8, 4) is 0 Å². The molecule has 2 aromatic rings. The fraction of sp³-hybridized carbons (Fsp3) is 0.176. The molecule has 0 radical (unpaired) electrons. The molecule has 1 amide bonds. The number of carbonyl (C=O) groups excluding carboxylic acids is 1. The molecule has 2 N–H and O–H groups in total. The maximum atomic E-state index is 14.2. The highest BCUT2D eigenvalue weighted by molar-refractivity contribution is 6.31. The largest absolute Gasteiger partial charge is 0.399 e. The number of hydrogen-bond acceptors (Lipinski definition) is 3. The van der Waals surface area contributed by atoms with Crippen LogP contribution >= 0.6 is 11.6 Å². The lowest BCUT2D eigenvalue weighted by Gasteiger charge is -2.21. The number of nitrogen functional groups attached to an aromatic ring is 1. The van der Waals surface area contributed by atoms with Crippen LogP contribution in [0.25, 0.3) is 0 Å². The average molecular weight is 332 g/mol. The summed E-state index contributed by atoms with van der Waals surface area (Å²) >= 11 is 6.15. The van der Waals surface area contributed by atoms with Gasteiger partial charge >= 0.3 is 0 Å². The van der Waals surface area contributed by atoms with E-state index in [1.807, 2.05) is 12.1 Å². The molecule has 1 aliphatic heterocycles. The van der Waals surface area contributed by atoms with Gasteiger partial charge in [-0.05, 0) is 29.8 Å². The first-order chi connectivity index (χ1) is 11.0. The van der Waals surface area contributed by atoms with Crippen LogP contribution in [0.1, 0.15) is 30.5 Å². The van der Waals surface area contributed by atoms with Crippen LogP contribution in [0.4, 0.5) is 10.1 Å². The summed E-state index contributed by atoms with van der Waals surface area (Å²) in [6, 6.07) is 11.1. The molecular weight excluding hydrogens is 317 g/mol. The van der Waals surface area contributed by atoms with Gasteiger partial charge in [0.2, 0.25) is 5.91 Å². The van der Waals surface area contributed by atoms with Crippen molar-refractivity contribution in [1.82, 2.24) is 5.01 Å². The van der Waals surface area contributed by atoms with E-state index < -0.39 is 11.9 Å². The summed E-state index contributed by atoms with van der Waals surface area (Å²) in [4.78, 5) is 11.9. The highest BCUT2D eigenvalue weighted by Crippen LogP contribution is 2.37. The van der Waals surface area contributed by atoms with Crippen molar-refractivity contribution in [3.63, 3.8) is 0 Å². The van der Waals surface area contributed by atoms with E-state index in [4.69, 9.17) is 17.3 Å². The molecule has 0 fully saturated rings. The molecule has 4 nitrogen and oxygen atoms in total. The standard InChI is InChI=1S/C17H15ClFN3O/c1-10(23)22-16(17-13(18)3-2-4-14(17)19)9-15(21-22)11-5-7-12(20)8-6-11/h2-8,16H,9,20H2,1H3. The van der Waals surface area contributed by atoms with Gasteiger partial charge in [0.25, 0.3) is 0 Å². The minimum Gasteiger partial charge on any atom is -0.399 e. The Labute approximate surface area is 138 Å². The number of benzene rings is 2. The highest BCUT2D eigenvalue weighted by atomic mass is 35.5. The minimum absolute atomic E-state index is 0.264. The smallest absolute Gasteiger partial charge is 0.240 e. The quantitative estimate of drug-likeness (QED) is 0.852. The summed E-state index contributed by atoms with van der Waals surface area (Å²) in [7, 11) is 0. The summed E-state index contributed by atoms with van der Waals surface area (Å²) in [6.07, 6.45) is 0.393. The van der Waals surface area contributed by atoms with E-state index in [0.717, 1.165) is 5.56 Å². The van der Waals surface area contributed by atoms with Crippen LogP contribution in [-0.2, 0) is 4.79 Å².